The van der Waals surface area contributed by atoms with Crippen LogP contribution in [0, 0.1) is 0 Å². The Morgan fingerprint density at radius 2 is 1.80 bits per heavy atom. The average Bonchev–Trinajstić information content (AvgIpc) is 2.99. The normalized spacial score (nSPS) is 16.3. The van der Waals surface area contributed by atoms with Crippen LogP contribution in [0.15, 0.2) is 42.5 Å². The molecule has 0 saturated carbocycles. The van der Waals surface area contributed by atoms with Gasteiger partial charge in [-0.2, -0.15) is 0 Å². The monoisotopic (exact) mass is 279 g/mol. The summed E-state index contributed by atoms with van der Waals surface area (Å²) in [5.74, 6) is -1.37. The van der Waals surface area contributed by atoms with E-state index in [0.717, 1.165) is 5.69 Å². The number of benzene rings is 1. The zero-order valence-electron chi connectivity index (χ0n) is 10.2. The van der Waals surface area contributed by atoms with E-state index in [1.807, 2.05) is 22.8 Å². The van der Waals surface area contributed by atoms with Crippen molar-refractivity contribution in [3.63, 3.8) is 0 Å². The Hall–Kier alpha value is -1.36. The van der Waals surface area contributed by atoms with Crippen molar-refractivity contribution in [1.82, 2.24) is 4.57 Å². The summed E-state index contributed by atoms with van der Waals surface area (Å²) in [4.78, 5) is 23.5. The fourth-order valence-electron chi connectivity index (χ4n) is 2.63. The summed E-state index contributed by atoms with van der Waals surface area (Å²) in [6, 6.07) is 12.5. The van der Waals surface area contributed by atoms with Crippen molar-refractivity contribution in [3.05, 3.63) is 59.4 Å². The molecule has 1 aliphatic rings. The molecule has 4 nitrogen and oxygen atoms in total. The number of aliphatic carboxylic acids is 1. The van der Waals surface area contributed by atoms with E-state index in [4.69, 9.17) is 5.11 Å². The molecule has 1 aromatic carbocycles. The topological polar surface area (TPSA) is 59.3 Å². The summed E-state index contributed by atoms with van der Waals surface area (Å²) < 4.78 is 1.83. The van der Waals surface area contributed by atoms with Crippen LogP contribution in [0.1, 0.15) is 34.1 Å². The van der Waals surface area contributed by atoms with Crippen LogP contribution in [0.4, 0.5) is 0 Å². The van der Waals surface area contributed by atoms with Crippen molar-refractivity contribution >= 4 is 41.3 Å². The van der Waals surface area contributed by atoms with Gasteiger partial charge in [-0.05, 0) is 18.6 Å². The number of carboxylic acid groups (broad SMARTS) is 1. The summed E-state index contributed by atoms with van der Waals surface area (Å²) in [5, 5.41) is 9.13. The molecule has 0 aliphatic carbocycles. The summed E-state index contributed by atoms with van der Waals surface area (Å²) >= 11 is 0. The molecular formula is C15H14NNaO3. The first-order valence-corrected chi connectivity index (χ1v) is 6.20. The molecule has 1 unspecified atom stereocenters. The molecule has 0 bridgehead atoms. The fraction of sp³-hybridized carbons (Fsp3) is 0.200. The molecule has 2 aromatic rings. The van der Waals surface area contributed by atoms with Gasteiger partial charge >= 0.3 is 35.5 Å². The third kappa shape index (κ3) is 2.46. The summed E-state index contributed by atoms with van der Waals surface area (Å²) in [5.41, 5.74) is 1.93. The number of ketones is 1. The van der Waals surface area contributed by atoms with E-state index in [0.29, 0.717) is 24.2 Å². The molecule has 1 N–H and O–H groups in total. The summed E-state index contributed by atoms with van der Waals surface area (Å²) in [7, 11) is 0. The number of hydrogen-bond acceptors (Lipinski definition) is 2. The molecule has 0 spiro atoms. The van der Waals surface area contributed by atoms with Gasteiger partial charge in [-0.15, -0.1) is 0 Å². The standard InChI is InChI=1S/C15H13NO3.Na.H/c17-14(10-4-2-1-3-5-10)13-7-6-12-11(15(18)19)8-9-16(12)13;;/h1-7,11H,8-9H2,(H,18,19);;. The van der Waals surface area contributed by atoms with Gasteiger partial charge in [-0.25, -0.2) is 0 Å². The maximum absolute atomic E-state index is 12.4. The number of rotatable bonds is 3. The Labute approximate surface area is 138 Å². The molecule has 1 aliphatic heterocycles. The third-order valence-corrected chi connectivity index (χ3v) is 3.58. The van der Waals surface area contributed by atoms with Gasteiger partial charge in [0.2, 0.25) is 5.78 Å². The van der Waals surface area contributed by atoms with Crippen LogP contribution in [-0.4, -0.2) is 51.0 Å². The van der Waals surface area contributed by atoms with Gasteiger partial charge < -0.3 is 9.67 Å². The Balaban J connectivity index is 0.00000147. The molecule has 5 heteroatoms. The van der Waals surface area contributed by atoms with Crippen LogP contribution < -0.4 is 0 Å². The zero-order chi connectivity index (χ0) is 13.4. The molecule has 98 valence electrons. The van der Waals surface area contributed by atoms with Crippen molar-refractivity contribution in [2.75, 3.05) is 0 Å². The van der Waals surface area contributed by atoms with Crippen molar-refractivity contribution in [1.29, 1.82) is 0 Å². The molecular weight excluding hydrogens is 265 g/mol. The molecule has 0 fully saturated rings. The first-order chi connectivity index (χ1) is 9.18. The fourth-order valence-corrected chi connectivity index (χ4v) is 2.63. The Kier molecular flexibility index (Phi) is 4.48. The van der Waals surface area contributed by atoms with Crippen molar-refractivity contribution in [2.24, 2.45) is 0 Å². The second-order valence-electron chi connectivity index (χ2n) is 4.67. The van der Waals surface area contributed by atoms with Gasteiger partial charge in [0.25, 0.3) is 0 Å². The van der Waals surface area contributed by atoms with E-state index < -0.39 is 11.9 Å². The van der Waals surface area contributed by atoms with Crippen LogP contribution in [0.2, 0.25) is 0 Å². The van der Waals surface area contributed by atoms with Gasteiger partial charge in [0.05, 0.1) is 11.6 Å². The van der Waals surface area contributed by atoms with Crippen molar-refractivity contribution < 1.29 is 14.7 Å². The van der Waals surface area contributed by atoms with E-state index in [2.05, 4.69) is 0 Å². The molecule has 0 radical (unpaired) electrons. The SMILES string of the molecule is O=C(c1ccccc1)c1ccc2n1CCC2C(=O)O.[NaH]. The number of carboxylic acids is 1. The summed E-state index contributed by atoms with van der Waals surface area (Å²) in [6.07, 6.45) is 0.556. The number of aromatic nitrogens is 1. The van der Waals surface area contributed by atoms with Crippen molar-refractivity contribution in [2.45, 2.75) is 18.9 Å². The van der Waals surface area contributed by atoms with Gasteiger partial charge in [-0.1, -0.05) is 30.3 Å². The van der Waals surface area contributed by atoms with E-state index in [-0.39, 0.29) is 35.3 Å². The Morgan fingerprint density at radius 3 is 2.45 bits per heavy atom. The molecule has 0 saturated heterocycles. The van der Waals surface area contributed by atoms with E-state index >= 15 is 0 Å². The predicted octanol–water partition coefficient (Wildman–Crippen LogP) is 1.64. The van der Waals surface area contributed by atoms with Gasteiger partial charge in [0.15, 0.2) is 0 Å². The van der Waals surface area contributed by atoms with E-state index in [1.54, 1.807) is 24.3 Å². The average molecular weight is 279 g/mol. The number of hydrogen-bond donors (Lipinski definition) is 1. The van der Waals surface area contributed by atoms with Crippen LogP contribution >= 0.6 is 0 Å². The first kappa shape index (κ1) is 15.0. The third-order valence-electron chi connectivity index (χ3n) is 3.58. The van der Waals surface area contributed by atoms with Gasteiger partial charge in [0, 0.05) is 17.8 Å². The molecule has 2 heterocycles. The van der Waals surface area contributed by atoms with E-state index in [1.165, 1.54) is 0 Å². The predicted molar refractivity (Wildman–Crippen MR) is 76.4 cm³/mol. The number of carbonyl (C=O) groups excluding carboxylic acids is 1. The second-order valence-corrected chi connectivity index (χ2v) is 4.67. The Bertz CT molecular complexity index is 648. The number of nitrogens with zero attached hydrogens (tertiary/aromatic N) is 1. The Morgan fingerprint density at radius 1 is 1.10 bits per heavy atom. The van der Waals surface area contributed by atoms with Crippen molar-refractivity contribution in [3.8, 4) is 0 Å². The quantitative estimate of drug-likeness (QED) is 0.686. The van der Waals surface area contributed by atoms with Gasteiger partial charge in [-0.3, -0.25) is 9.59 Å². The minimum absolute atomic E-state index is 0. The maximum atomic E-state index is 12.4. The molecule has 1 aromatic heterocycles. The second kappa shape index (κ2) is 5.95. The van der Waals surface area contributed by atoms with Crippen LogP contribution in [0.25, 0.3) is 0 Å². The number of carbonyl (C=O) groups is 2. The molecule has 20 heavy (non-hydrogen) atoms. The summed E-state index contributed by atoms with van der Waals surface area (Å²) in [6.45, 7) is 0.590. The zero-order valence-corrected chi connectivity index (χ0v) is 10.2. The van der Waals surface area contributed by atoms with Crippen LogP contribution in [0.3, 0.4) is 0 Å². The molecule has 3 rings (SSSR count). The number of fused-ring (bicyclic) bond motifs is 1. The minimum atomic E-state index is -0.824. The van der Waals surface area contributed by atoms with Crippen LogP contribution in [0.5, 0.6) is 0 Å². The van der Waals surface area contributed by atoms with Gasteiger partial charge in [0.1, 0.15) is 0 Å². The first-order valence-electron chi connectivity index (χ1n) is 6.20. The van der Waals surface area contributed by atoms with E-state index in [9.17, 15) is 9.59 Å². The molecule has 1 atom stereocenters. The van der Waals surface area contributed by atoms with Crippen LogP contribution in [-0.2, 0) is 11.3 Å². The molecule has 0 amide bonds.